The van der Waals surface area contributed by atoms with Crippen LogP contribution in [0.3, 0.4) is 0 Å². The lowest BCUT2D eigenvalue weighted by molar-refractivity contribution is 0.102. The van der Waals surface area contributed by atoms with Gasteiger partial charge in [0.2, 0.25) is 0 Å². The highest BCUT2D eigenvalue weighted by Crippen LogP contribution is 2.27. The number of hydrogen-bond acceptors (Lipinski definition) is 7. The van der Waals surface area contributed by atoms with E-state index < -0.39 is 23.1 Å². The fourth-order valence-corrected chi connectivity index (χ4v) is 3.14. The van der Waals surface area contributed by atoms with Crippen LogP contribution in [0.15, 0.2) is 36.2 Å². The third kappa shape index (κ3) is 3.86. The molecule has 0 saturated carbocycles. The Labute approximate surface area is 170 Å². The first kappa shape index (κ1) is 19.6. The Morgan fingerprint density at radius 3 is 2.73 bits per heavy atom. The molecule has 1 aliphatic rings. The molecule has 2 aromatic heterocycles. The highest BCUT2D eigenvalue weighted by atomic mass is 19.2. The van der Waals surface area contributed by atoms with E-state index in [4.69, 9.17) is 0 Å². The second-order valence-corrected chi connectivity index (χ2v) is 6.85. The Morgan fingerprint density at radius 2 is 2.03 bits per heavy atom. The predicted molar refractivity (Wildman–Crippen MR) is 105 cm³/mol. The lowest BCUT2D eigenvalue weighted by atomic mass is 9.99. The van der Waals surface area contributed by atoms with E-state index in [9.17, 15) is 13.6 Å². The van der Waals surface area contributed by atoms with Gasteiger partial charge in [-0.1, -0.05) is 16.7 Å². The normalized spacial score (nSPS) is 14.2. The maximum absolute atomic E-state index is 13.8. The molecule has 1 amide bonds. The third-order valence-electron chi connectivity index (χ3n) is 4.80. The van der Waals surface area contributed by atoms with Crippen LogP contribution in [0, 0.1) is 11.6 Å². The van der Waals surface area contributed by atoms with Crippen molar-refractivity contribution < 1.29 is 13.6 Å². The number of carbonyl (C=O) groups excluding carboxylic acids is 1. The van der Waals surface area contributed by atoms with Gasteiger partial charge in [0, 0.05) is 13.1 Å². The standard InChI is InChI=1S/C19H18F2N8O/c1-11-6-7-29(19-25-27-28(2)26-19)10-13(11)15-8-23-16(9-22-15)24-18(30)12-4-3-5-14(20)17(12)21/h3-5,8-9H,6-7,10H2,1-2H3,(H,23,24,30). The summed E-state index contributed by atoms with van der Waals surface area (Å²) < 4.78 is 27.1. The van der Waals surface area contributed by atoms with Crippen LogP contribution in [-0.4, -0.2) is 49.2 Å². The third-order valence-corrected chi connectivity index (χ3v) is 4.80. The molecule has 0 aliphatic carbocycles. The molecule has 0 bridgehead atoms. The molecule has 1 aromatic carbocycles. The van der Waals surface area contributed by atoms with E-state index in [0.717, 1.165) is 24.6 Å². The smallest absolute Gasteiger partial charge is 0.266 e. The largest absolute Gasteiger partial charge is 0.333 e. The van der Waals surface area contributed by atoms with Crippen LogP contribution in [0.4, 0.5) is 20.5 Å². The molecule has 3 heterocycles. The number of carbonyl (C=O) groups is 1. The number of halogens is 2. The molecule has 0 saturated heterocycles. The zero-order valence-corrected chi connectivity index (χ0v) is 16.3. The molecular weight excluding hydrogens is 394 g/mol. The van der Waals surface area contributed by atoms with Crippen LogP contribution in [0.25, 0.3) is 5.57 Å². The Hall–Kier alpha value is -3.76. The Bertz CT molecular complexity index is 1130. The van der Waals surface area contributed by atoms with Crippen LogP contribution in [0.2, 0.25) is 0 Å². The number of nitrogens with zero attached hydrogens (tertiary/aromatic N) is 7. The zero-order chi connectivity index (χ0) is 21.3. The predicted octanol–water partition coefficient (Wildman–Crippen LogP) is 2.21. The topological polar surface area (TPSA) is 102 Å². The summed E-state index contributed by atoms with van der Waals surface area (Å²) in [6.45, 7) is 3.34. The second-order valence-electron chi connectivity index (χ2n) is 6.85. The average Bonchev–Trinajstić information content (AvgIpc) is 3.17. The number of aryl methyl sites for hydroxylation is 1. The monoisotopic (exact) mass is 412 g/mol. The molecule has 9 nitrogen and oxygen atoms in total. The minimum absolute atomic E-state index is 0.133. The molecule has 30 heavy (non-hydrogen) atoms. The molecule has 1 aliphatic heterocycles. The minimum atomic E-state index is -1.21. The summed E-state index contributed by atoms with van der Waals surface area (Å²) in [6.07, 6.45) is 3.72. The molecule has 0 radical (unpaired) electrons. The van der Waals surface area contributed by atoms with E-state index in [1.807, 2.05) is 11.8 Å². The Balaban J connectivity index is 1.50. The maximum atomic E-state index is 13.8. The van der Waals surface area contributed by atoms with Gasteiger partial charge in [-0.2, -0.15) is 4.80 Å². The van der Waals surface area contributed by atoms with E-state index in [2.05, 4.69) is 30.7 Å². The van der Waals surface area contributed by atoms with Gasteiger partial charge in [-0.25, -0.2) is 13.8 Å². The first-order chi connectivity index (χ1) is 14.4. The van der Waals surface area contributed by atoms with Crippen molar-refractivity contribution in [3.63, 3.8) is 0 Å². The van der Waals surface area contributed by atoms with Crippen LogP contribution in [0.1, 0.15) is 29.4 Å². The van der Waals surface area contributed by atoms with E-state index in [1.54, 1.807) is 7.05 Å². The van der Waals surface area contributed by atoms with Crippen LogP contribution in [-0.2, 0) is 7.05 Å². The molecule has 1 N–H and O–H groups in total. The number of nitrogens with one attached hydrogen (secondary N) is 1. The van der Waals surface area contributed by atoms with E-state index in [0.29, 0.717) is 18.2 Å². The zero-order valence-electron chi connectivity index (χ0n) is 16.3. The van der Waals surface area contributed by atoms with Gasteiger partial charge in [0.15, 0.2) is 17.5 Å². The van der Waals surface area contributed by atoms with Gasteiger partial charge in [0.1, 0.15) is 0 Å². The molecule has 4 rings (SSSR count). The molecule has 11 heteroatoms. The highest BCUT2D eigenvalue weighted by molar-refractivity contribution is 6.03. The molecule has 0 unspecified atom stereocenters. The number of anilines is 2. The molecular formula is C19H18F2N8O. The second kappa shape index (κ2) is 7.93. The van der Waals surface area contributed by atoms with E-state index in [-0.39, 0.29) is 5.82 Å². The summed E-state index contributed by atoms with van der Waals surface area (Å²) in [7, 11) is 1.70. The molecule has 0 atom stereocenters. The molecule has 154 valence electrons. The highest BCUT2D eigenvalue weighted by Gasteiger charge is 2.22. The van der Waals surface area contributed by atoms with Crippen molar-refractivity contribution >= 4 is 23.2 Å². The van der Waals surface area contributed by atoms with Crippen molar-refractivity contribution in [1.82, 2.24) is 30.2 Å². The van der Waals surface area contributed by atoms with E-state index in [1.165, 1.54) is 34.9 Å². The summed E-state index contributed by atoms with van der Waals surface area (Å²) >= 11 is 0. The van der Waals surface area contributed by atoms with Crippen molar-refractivity contribution in [3.8, 4) is 0 Å². The Morgan fingerprint density at radius 1 is 1.20 bits per heavy atom. The summed E-state index contributed by atoms with van der Waals surface area (Å²) in [5.74, 6) is -2.43. The number of rotatable bonds is 4. The lowest BCUT2D eigenvalue weighted by Gasteiger charge is -2.28. The molecule has 3 aromatic rings. The van der Waals surface area contributed by atoms with E-state index >= 15 is 0 Å². The molecule has 0 spiro atoms. The van der Waals surface area contributed by atoms with Gasteiger partial charge in [0.25, 0.3) is 11.9 Å². The van der Waals surface area contributed by atoms with Crippen LogP contribution in [0.5, 0.6) is 0 Å². The van der Waals surface area contributed by atoms with Crippen LogP contribution >= 0.6 is 0 Å². The first-order valence-corrected chi connectivity index (χ1v) is 9.17. The quantitative estimate of drug-likeness (QED) is 0.701. The number of hydrogen-bond donors (Lipinski definition) is 1. The van der Waals surface area contributed by atoms with Gasteiger partial charge in [0.05, 0.1) is 30.7 Å². The SMILES string of the molecule is CC1=C(c2cnc(NC(=O)c3cccc(F)c3F)cn2)CN(c2nnn(C)n2)CC1. The summed E-state index contributed by atoms with van der Waals surface area (Å²) in [5.41, 5.74) is 2.40. The fourth-order valence-electron chi connectivity index (χ4n) is 3.14. The first-order valence-electron chi connectivity index (χ1n) is 9.17. The Kier molecular flexibility index (Phi) is 5.17. The number of aromatic nitrogens is 6. The molecule has 0 fully saturated rings. The summed E-state index contributed by atoms with van der Waals surface area (Å²) in [4.78, 5) is 24.2. The van der Waals surface area contributed by atoms with Gasteiger partial charge in [-0.05, 0) is 36.3 Å². The van der Waals surface area contributed by atoms with Gasteiger partial charge in [-0.3, -0.25) is 9.78 Å². The lowest BCUT2D eigenvalue weighted by Crippen LogP contribution is -2.32. The van der Waals surface area contributed by atoms with Crippen molar-refractivity contribution in [2.24, 2.45) is 7.05 Å². The fraction of sp³-hybridized carbons (Fsp3) is 0.263. The maximum Gasteiger partial charge on any atom is 0.266 e. The van der Waals surface area contributed by atoms with Crippen molar-refractivity contribution in [3.05, 3.63) is 59.1 Å². The minimum Gasteiger partial charge on any atom is -0.333 e. The number of amides is 1. The van der Waals surface area contributed by atoms with Crippen molar-refractivity contribution in [1.29, 1.82) is 0 Å². The van der Waals surface area contributed by atoms with Gasteiger partial charge >= 0.3 is 0 Å². The summed E-state index contributed by atoms with van der Waals surface area (Å²) in [5, 5.41) is 14.6. The summed E-state index contributed by atoms with van der Waals surface area (Å²) in [6, 6.07) is 3.40. The van der Waals surface area contributed by atoms with Crippen molar-refractivity contribution in [2.75, 3.05) is 23.3 Å². The average molecular weight is 412 g/mol. The van der Waals surface area contributed by atoms with Crippen LogP contribution < -0.4 is 10.2 Å². The number of tetrazole rings is 1. The van der Waals surface area contributed by atoms with Gasteiger partial charge < -0.3 is 10.2 Å². The van der Waals surface area contributed by atoms with Crippen molar-refractivity contribution in [2.45, 2.75) is 13.3 Å². The van der Waals surface area contributed by atoms with Gasteiger partial charge in [-0.15, -0.1) is 5.10 Å². The number of benzene rings is 1.